The first-order valence-corrected chi connectivity index (χ1v) is 48.0. The molecule has 5 atom stereocenters. The zero-order valence-electron chi connectivity index (χ0n) is 69.7. The van der Waals surface area contributed by atoms with Gasteiger partial charge in [-0.05, 0) is 37.5 Å². The number of unbranched alkanes of at least 4 members (excludes halogenated alkanes) is 56. The van der Waals surface area contributed by atoms with Gasteiger partial charge >= 0.3 is 39.5 Å². The van der Waals surface area contributed by atoms with Crippen molar-refractivity contribution in [3.8, 4) is 0 Å². The van der Waals surface area contributed by atoms with Crippen LogP contribution in [0.2, 0.25) is 0 Å². The minimum Gasteiger partial charge on any atom is -0.462 e. The predicted molar refractivity (Wildman–Crippen MR) is 437 cm³/mol. The standard InChI is InChI=1S/C87H170O17P2/c1-7-9-11-13-15-17-19-21-23-25-27-29-31-36-40-44-51-57-63-69-84(89)97-75-82(103-86(91)71-65-59-53-45-41-37-32-30-28-26-24-22-20-18-16-14-12-10-8-2)77-101-105(93,94)99-73-81(88)74-100-106(95,96)102-78-83(76-98-85(90)70-64-58-52-48-47-50-56-62-68-80(5)6)104-87(92)72-66-60-54-46-42-38-34-33-35-39-43-49-55-61-67-79(3)4/h79-83,88H,7-78H2,1-6H3,(H,93,94)(H,95,96)/t81-,82-,83-/m1/s1. The molecule has 0 aromatic rings. The maximum Gasteiger partial charge on any atom is 0.472 e. The van der Waals surface area contributed by atoms with E-state index in [2.05, 4.69) is 41.5 Å². The van der Waals surface area contributed by atoms with Crippen LogP contribution in [0.3, 0.4) is 0 Å². The topological polar surface area (TPSA) is 237 Å². The normalized spacial score (nSPS) is 13.8. The Hall–Kier alpha value is -1.94. The third-order valence-corrected chi connectivity index (χ3v) is 22.4. The SMILES string of the molecule is CCCCCCCCCCCCCCCCCCCCCC(=O)OC[C@H](COP(=O)(O)OC[C@@H](O)COP(=O)(O)OC[C@@H](COC(=O)CCCCCCCCCCC(C)C)OC(=O)CCCCCCCCCCCCCCCCC(C)C)OC(=O)CCCCCCCCCCCCCCCCCCCCC. The van der Waals surface area contributed by atoms with Gasteiger partial charge in [0.1, 0.15) is 19.3 Å². The van der Waals surface area contributed by atoms with E-state index in [4.69, 9.17) is 37.0 Å². The van der Waals surface area contributed by atoms with E-state index in [1.165, 1.54) is 283 Å². The van der Waals surface area contributed by atoms with E-state index in [1.54, 1.807) is 0 Å². The highest BCUT2D eigenvalue weighted by Crippen LogP contribution is 2.45. The minimum atomic E-state index is -4.97. The molecule has 0 fully saturated rings. The number of phosphoric ester groups is 2. The summed E-state index contributed by atoms with van der Waals surface area (Å²) >= 11 is 0. The van der Waals surface area contributed by atoms with Crippen LogP contribution >= 0.6 is 15.6 Å². The summed E-state index contributed by atoms with van der Waals surface area (Å²) in [4.78, 5) is 73.3. The van der Waals surface area contributed by atoms with E-state index in [0.717, 1.165) is 102 Å². The fraction of sp³-hybridized carbons (Fsp3) is 0.954. The Bertz CT molecular complexity index is 2030. The summed E-state index contributed by atoms with van der Waals surface area (Å²) in [5.41, 5.74) is 0. The van der Waals surface area contributed by atoms with E-state index in [-0.39, 0.29) is 25.7 Å². The molecular formula is C87H170O17P2. The number of phosphoric acid groups is 2. The summed E-state index contributed by atoms with van der Waals surface area (Å²) in [5.74, 6) is -0.580. The van der Waals surface area contributed by atoms with Crippen LogP contribution < -0.4 is 0 Å². The molecule has 19 heteroatoms. The van der Waals surface area contributed by atoms with Gasteiger partial charge in [0.25, 0.3) is 0 Å². The van der Waals surface area contributed by atoms with Crippen molar-refractivity contribution < 1.29 is 80.2 Å². The molecule has 0 amide bonds. The van der Waals surface area contributed by atoms with Crippen molar-refractivity contribution in [2.45, 2.75) is 484 Å². The molecule has 0 saturated heterocycles. The Kier molecular flexibility index (Phi) is 76.9. The molecule has 2 unspecified atom stereocenters. The van der Waals surface area contributed by atoms with Crippen molar-refractivity contribution in [2.24, 2.45) is 11.8 Å². The average Bonchev–Trinajstić information content (AvgIpc) is 0.903. The lowest BCUT2D eigenvalue weighted by Gasteiger charge is -2.21. The van der Waals surface area contributed by atoms with Gasteiger partial charge in [0.05, 0.1) is 26.4 Å². The van der Waals surface area contributed by atoms with Crippen molar-refractivity contribution in [3.63, 3.8) is 0 Å². The molecular weight excluding hydrogens is 1380 g/mol. The summed E-state index contributed by atoms with van der Waals surface area (Å²) in [6, 6.07) is 0. The van der Waals surface area contributed by atoms with Crippen molar-refractivity contribution in [2.75, 3.05) is 39.6 Å². The van der Waals surface area contributed by atoms with Crippen LogP contribution in [-0.4, -0.2) is 96.7 Å². The molecule has 0 aliphatic carbocycles. The van der Waals surface area contributed by atoms with Crippen LogP contribution in [0.15, 0.2) is 0 Å². The summed E-state index contributed by atoms with van der Waals surface area (Å²) in [6.07, 6.45) is 70.9. The number of hydrogen-bond donors (Lipinski definition) is 3. The van der Waals surface area contributed by atoms with Crippen LogP contribution in [-0.2, 0) is 65.4 Å². The molecule has 630 valence electrons. The van der Waals surface area contributed by atoms with Crippen LogP contribution in [0.4, 0.5) is 0 Å². The number of rotatable bonds is 86. The number of ether oxygens (including phenoxy) is 4. The Balaban J connectivity index is 5.24. The predicted octanol–water partition coefficient (Wildman–Crippen LogP) is 26.6. The second-order valence-corrected chi connectivity index (χ2v) is 35.1. The van der Waals surface area contributed by atoms with Crippen LogP contribution in [0.25, 0.3) is 0 Å². The second-order valence-electron chi connectivity index (χ2n) is 32.2. The molecule has 17 nitrogen and oxygen atoms in total. The van der Waals surface area contributed by atoms with Gasteiger partial charge in [0.15, 0.2) is 12.2 Å². The molecule has 3 N–H and O–H groups in total. The Morgan fingerprint density at radius 1 is 0.255 bits per heavy atom. The third-order valence-electron chi connectivity index (χ3n) is 20.5. The van der Waals surface area contributed by atoms with Gasteiger partial charge in [0, 0.05) is 25.7 Å². The lowest BCUT2D eigenvalue weighted by Crippen LogP contribution is -2.30. The molecule has 0 heterocycles. The maximum absolute atomic E-state index is 13.2. The van der Waals surface area contributed by atoms with Gasteiger partial charge in [-0.15, -0.1) is 0 Å². The fourth-order valence-electron chi connectivity index (χ4n) is 13.6. The quantitative estimate of drug-likeness (QED) is 0.0222. The van der Waals surface area contributed by atoms with Gasteiger partial charge in [-0.3, -0.25) is 37.3 Å². The molecule has 0 bridgehead atoms. The molecule has 0 radical (unpaired) electrons. The number of esters is 4. The number of carbonyl (C=O) groups is 4. The first-order chi connectivity index (χ1) is 51.4. The molecule has 0 aliphatic rings. The largest absolute Gasteiger partial charge is 0.472 e. The van der Waals surface area contributed by atoms with Crippen LogP contribution in [0, 0.1) is 11.8 Å². The first-order valence-electron chi connectivity index (χ1n) is 45.0. The highest BCUT2D eigenvalue weighted by molar-refractivity contribution is 7.47. The van der Waals surface area contributed by atoms with Gasteiger partial charge in [-0.1, -0.05) is 414 Å². The van der Waals surface area contributed by atoms with E-state index >= 15 is 0 Å². The summed E-state index contributed by atoms with van der Waals surface area (Å²) < 4.78 is 68.9. The Morgan fingerprint density at radius 2 is 0.434 bits per heavy atom. The number of carbonyl (C=O) groups excluding carboxylic acids is 4. The maximum atomic E-state index is 13.2. The summed E-state index contributed by atoms with van der Waals surface area (Å²) in [7, 11) is -9.93. The zero-order chi connectivity index (χ0) is 77.8. The highest BCUT2D eigenvalue weighted by atomic mass is 31.2. The number of aliphatic hydroxyl groups is 1. The summed E-state index contributed by atoms with van der Waals surface area (Å²) in [6.45, 7) is 9.67. The van der Waals surface area contributed by atoms with Crippen molar-refractivity contribution in [3.05, 3.63) is 0 Å². The zero-order valence-corrected chi connectivity index (χ0v) is 71.5. The Morgan fingerprint density at radius 3 is 0.642 bits per heavy atom. The van der Waals surface area contributed by atoms with Crippen molar-refractivity contribution >= 4 is 39.5 Å². The van der Waals surface area contributed by atoms with Gasteiger partial charge in [0.2, 0.25) is 0 Å². The Labute approximate surface area is 651 Å². The molecule has 0 aromatic heterocycles. The molecule has 0 saturated carbocycles. The lowest BCUT2D eigenvalue weighted by atomic mass is 10.0. The van der Waals surface area contributed by atoms with Crippen LogP contribution in [0.5, 0.6) is 0 Å². The van der Waals surface area contributed by atoms with Crippen molar-refractivity contribution in [1.82, 2.24) is 0 Å². The van der Waals surface area contributed by atoms with E-state index < -0.39 is 97.5 Å². The highest BCUT2D eigenvalue weighted by Gasteiger charge is 2.30. The first kappa shape index (κ1) is 104. The van der Waals surface area contributed by atoms with E-state index in [1.807, 2.05) is 0 Å². The van der Waals surface area contributed by atoms with Gasteiger partial charge < -0.3 is 33.8 Å². The van der Waals surface area contributed by atoms with Gasteiger partial charge in [-0.2, -0.15) is 0 Å². The molecule has 0 spiro atoms. The fourth-order valence-corrected chi connectivity index (χ4v) is 15.2. The molecule has 0 aliphatic heterocycles. The van der Waals surface area contributed by atoms with Gasteiger partial charge in [-0.25, -0.2) is 9.13 Å². The smallest absolute Gasteiger partial charge is 0.462 e. The van der Waals surface area contributed by atoms with E-state index in [0.29, 0.717) is 25.7 Å². The number of hydrogen-bond acceptors (Lipinski definition) is 15. The van der Waals surface area contributed by atoms with E-state index in [9.17, 15) is 43.2 Å². The van der Waals surface area contributed by atoms with Crippen molar-refractivity contribution in [1.29, 1.82) is 0 Å². The van der Waals surface area contributed by atoms with Crippen LogP contribution in [0.1, 0.15) is 465 Å². The summed E-state index contributed by atoms with van der Waals surface area (Å²) in [5, 5.41) is 10.7. The molecule has 0 aromatic carbocycles. The third kappa shape index (κ3) is 80.1. The second kappa shape index (κ2) is 78.3. The average molecular weight is 1550 g/mol. The minimum absolute atomic E-state index is 0.107. The molecule has 106 heavy (non-hydrogen) atoms. The monoisotopic (exact) mass is 1550 g/mol. The lowest BCUT2D eigenvalue weighted by molar-refractivity contribution is -0.161. The number of aliphatic hydroxyl groups excluding tert-OH is 1. The molecule has 0 rings (SSSR count).